The minimum Gasteiger partial charge on any atom is -0.438 e. The lowest BCUT2D eigenvalue weighted by atomic mass is 9.75. The Bertz CT molecular complexity index is 1940. The van der Waals surface area contributed by atoms with E-state index >= 15 is 0 Å². The number of oxazole rings is 1. The third kappa shape index (κ3) is 6.08. The van der Waals surface area contributed by atoms with E-state index in [2.05, 4.69) is 159 Å². The number of nitrogens with zero attached hydrogens (tertiary/aromatic N) is 2. The Morgan fingerprint density at radius 1 is 0.720 bits per heavy atom. The van der Waals surface area contributed by atoms with Gasteiger partial charge in [0, 0.05) is 23.2 Å². The zero-order valence-electron chi connectivity index (χ0n) is 29.3. The van der Waals surface area contributed by atoms with Gasteiger partial charge in [0.2, 0.25) is 5.89 Å². The highest BCUT2D eigenvalue weighted by Gasteiger charge is 2.51. The highest BCUT2D eigenvalue weighted by molar-refractivity contribution is 6.80. The van der Waals surface area contributed by atoms with E-state index in [4.69, 9.17) is 13.8 Å². The van der Waals surface area contributed by atoms with Crippen molar-refractivity contribution in [3.63, 3.8) is 0 Å². The van der Waals surface area contributed by atoms with E-state index in [0.717, 1.165) is 67.1 Å². The first kappa shape index (κ1) is 32.6. The van der Waals surface area contributed by atoms with Crippen LogP contribution in [0, 0.1) is 0 Å². The molecule has 50 heavy (non-hydrogen) atoms. The molecular weight excluding hydrogens is 629 g/mol. The molecule has 4 nitrogen and oxygen atoms in total. The van der Waals surface area contributed by atoms with Crippen LogP contribution in [-0.4, -0.2) is 25.5 Å². The molecule has 8 rings (SSSR count). The summed E-state index contributed by atoms with van der Waals surface area (Å²) in [7, 11) is -1.67. The van der Waals surface area contributed by atoms with Gasteiger partial charge in [0.15, 0.2) is 5.76 Å². The Balaban J connectivity index is 1.31. The number of hydrogen-bond donors (Lipinski definition) is 0. The van der Waals surface area contributed by atoms with Crippen LogP contribution in [-0.2, 0) is 22.0 Å². The largest absolute Gasteiger partial charge is 0.438 e. The van der Waals surface area contributed by atoms with Crippen molar-refractivity contribution in [2.75, 3.05) is 6.54 Å². The van der Waals surface area contributed by atoms with Crippen LogP contribution in [0.1, 0.15) is 75.1 Å². The molecule has 1 saturated heterocycles. The predicted octanol–water partition coefficient (Wildman–Crippen LogP) is 9.45. The van der Waals surface area contributed by atoms with Crippen LogP contribution in [0.15, 0.2) is 144 Å². The van der Waals surface area contributed by atoms with Gasteiger partial charge in [0.25, 0.3) is 9.04 Å². The quantitative estimate of drug-likeness (QED) is 0.151. The van der Waals surface area contributed by atoms with E-state index < -0.39 is 14.8 Å². The molecule has 0 bridgehead atoms. The van der Waals surface area contributed by atoms with Crippen LogP contribution in [0.25, 0.3) is 22.6 Å². The van der Waals surface area contributed by atoms with Crippen molar-refractivity contribution in [2.24, 2.45) is 0 Å². The van der Waals surface area contributed by atoms with E-state index in [-0.39, 0.29) is 11.5 Å². The Morgan fingerprint density at radius 2 is 1.32 bits per heavy atom. The zero-order chi connectivity index (χ0) is 34.1. The van der Waals surface area contributed by atoms with E-state index in [0.29, 0.717) is 0 Å². The minimum absolute atomic E-state index is 0.0171. The number of likely N-dealkylation sites (tertiary alicyclic amines) is 1. The first-order chi connectivity index (χ1) is 24.4. The van der Waals surface area contributed by atoms with E-state index in [9.17, 15) is 0 Å². The summed E-state index contributed by atoms with van der Waals surface area (Å²) in [6.07, 6.45) is 5.03. The average molecular weight is 674 g/mol. The Kier molecular flexibility index (Phi) is 8.90. The lowest BCUT2D eigenvalue weighted by molar-refractivity contribution is -0.118. The molecule has 6 aromatic rings. The van der Waals surface area contributed by atoms with Crippen molar-refractivity contribution in [3.8, 4) is 22.6 Å². The van der Waals surface area contributed by atoms with Gasteiger partial charge in [0.1, 0.15) is 11.4 Å². The van der Waals surface area contributed by atoms with Crippen LogP contribution < -0.4 is 10.4 Å². The van der Waals surface area contributed by atoms with E-state index in [1.54, 1.807) is 0 Å². The molecule has 0 amide bonds. The van der Waals surface area contributed by atoms with Gasteiger partial charge in [-0.1, -0.05) is 160 Å². The standard InChI is InChI=1S/C45H45N2O2Si/c1-44(2,3)38-28-16-29-39-37(38)27-17-31-45(39,49-50(35-23-12-6-13-24-35)36-25-14-7-15-26-36)47-32-18-30-40(47)43-46-41(33-19-8-4-9-20-33)42(48-43)34-21-10-5-11-22-34/h4-16,19-26,28-29,40H,17-18,27,30-32H2,1-3H3/t40-,45+/m1/s1. The summed E-state index contributed by atoms with van der Waals surface area (Å²) in [6.45, 7) is 7.92. The van der Waals surface area contributed by atoms with Crippen LogP contribution >= 0.6 is 0 Å². The molecular formula is C45H45N2O2Si. The summed E-state index contributed by atoms with van der Waals surface area (Å²) in [5.74, 6) is 1.60. The first-order valence-electron chi connectivity index (χ1n) is 18.1. The zero-order valence-corrected chi connectivity index (χ0v) is 30.3. The molecule has 1 aliphatic carbocycles. The number of fused-ring (bicyclic) bond motifs is 1. The summed E-state index contributed by atoms with van der Waals surface area (Å²) >= 11 is 0. The molecule has 1 fully saturated rings. The van der Waals surface area contributed by atoms with Gasteiger partial charge in [-0.15, -0.1) is 0 Å². The molecule has 0 N–H and O–H groups in total. The van der Waals surface area contributed by atoms with Crippen molar-refractivity contribution >= 4 is 19.4 Å². The fourth-order valence-electron chi connectivity index (χ4n) is 8.17. The van der Waals surface area contributed by atoms with Crippen LogP contribution in [0.5, 0.6) is 0 Å². The monoisotopic (exact) mass is 673 g/mol. The predicted molar refractivity (Wildman–Crippen MR) is 205 cm³/mol. The summed E-state index contributed by atoms with van der Waals surface area (Å²) in [4.78, 5) is 8.01. The highest BCUT2D eigenvalue weighted by Crippen LogP contribution is 2.51. The van der Waals surface area contributed by atoms with Crippen LogP contribution in [0.3, 0.4) is 0 Å². The molecule has 5 aromatic carbocycles. The van der Waals surface area contributed by atoms with Crippen molar-refractivity contribution < 1.29 is 8.84 Å². The first-order valence-corrected chi connectivity index (χ1v) is 19.5. The minimum atomic E-state index is -1.67. The maximum absolute atomic E-state index is 7.95. The molecule has 1 aromatic heterocycles. The second-order valence-electron chi connectivity index (χ2n) is 14.7. The fourth-order valence-corrected chi connectivity index (χ4v) is 10.4. The molecule has 0 saturated carbocycles. The molecule has 251 valence electrons. The number of benzene rings is 5. The van der Waals surface area contributed by atoms with Gasteiger partial charge in [-0.05, 0) is 59.0 Å². The molecule has 1 radical (unpaired) electrons. The Hall–Kier alpha value is -4.55. The van der Waals surface area contributed by atoms with Crippen LogP contribution in [0.2, 0.25) is 0 Å². The fraction of sp³-hybridized carbons (Fsp3) is 0.267. The highest BCUT2D eigenvalue weighted by atomic mass is 28.3. The average Bonchev–Trinajstić information content (AvgIpc) is 3.84. The van der Waals surface area contributed by atoms with Crippen LogP contribution in [0.4, 0.5) is 0 Å². The molecule has 0 spiro atoms. The number of aromatic nitrogens is 1. The lowest BCUT2D eigenvalue weighted by Gasteiger charge is -2.50. The molecule has 2 heterocycles. The molecule has 2 atom stereocenters. The van der Waals surface area contributed by atoms with Gasteiger partial charge < -0.3 is 8.84 Å². The van der Waals surface area contributed by atoms with Crippen molar-refractivity contribution in [3.05, 3.63) is 162 Å². The van der Waals surface area contributed by atoms with Gasteiger partial charge in [-0.2, -0.15) is 0 Å². The summed E-state index contributed by atoms with van der Waals surface area (Å²) in [5.41, 5.74) is 6.54. The second kappa shape index (κ2) is 13.6. The summed E-state index contributed by atoms with van der Waals surface area (Å²) < 4.78 is 14.9. The molecule has 5 heteroatoms. The van der Waals surface area contributed by atoms with E-state index in [1.165, 1.54) is 27.1 Å². The van der Waals surface area contributed by atoms with Crippen molar-refractivity contribution in [1.29, 1.82) is 0 Å². The maximum atomic E-state index is 7.95. The Morgan fingerprint density at radius 3 is 1.94 bits per heavy atom. The normalized spacial score (nSPS) is 19.5. The molecule has 1 aliphatic heterocycles. The lowest BCUT2D eigenvalue weighted by Crippen LogP contribution is -2.58. The van der Waals surface area contributed by atoms with Crippen molar-refractivity contribution in [2.45, 2.75) is 70.1 Å². The topological polar surface area (TPSA) is 38.5 Å². The summed E-state index contributed by atoms with van der Waals surface area (Å²) in [6, 6.07) is 49.6. The number of hydrogen-bond acceptors (Lipinski definition) is 4. The van der Waals surface area contributed by atoms with Gasteiger partial charge in [-0.3, -0.25) is 4.90 Å². The molecule has 0 unspecified atom stereocenters. The van der Waals surface area contributed by atoms with Gasteiger partial charge in [-0.25, -0.2) is 4.98 Å². The third-order valence-electron chi connectivity index (χ3n) is 10.4. The second-order valence-corrected chi connectivity index (χ2v) is 16.7. The SMILES string of the molecule is CC(C)(C)c1cccc2c1CCC[C@@]2(O[Si](c1ccccc1)c1ccccc1)N1CCC[C@@H]1c1nc(-c2ccccc2)c(-c2ccccc2)o1. The van der Waals surface area contributed by atoms with Gasteiger partial charge >= 0.3 is 0 Å². The molecule has 2 aliphatic rings. The maximum Gasteiger partial charge on any atom is 0.285 e. The van der Waals surface area contributed by atoms with Crippen molar-refractivity contribution in [1.82, 2.24) is 9.88 Å². The Labute approximate surface area is 298 Å². The van der Waals surface area contributed by atoms with Gasteiger partial charge in [0.05, 0.1) is 6.04 Å². The van der Waals surface area contributed by atoms with E-state index in [1.807, 2.05) is 6.07 Å². The summed E-state index contributed by atoms with van der Waals surface area (Å²) in [5, 5.41) is 2.51. The number of rotatable bonds is 8. The third-order valence-corrected chi connectivity index (χ3v) is 12.7. The smallest absolute Gasteiger partial charge is 0.285 e.